The summed E-state index contributed by atoms with van der Waals surface area (Å²) in [6, 6.07) is 9.06. The summed E-state index contributed by atoms with van der Waals surface area (Å²) in [5.41, 5.74) is 0.872. The molecule has 3 heteroatoms. The largest absolute Gasteiger partial charge is 0.333 e. The van der Waals surface area contributed by atoms with Crippen molar-refractivity contribution in [1.29, 1.82) is 0 Å². The van der Waals surface area contributed by atoms with Gasteiger partial charge in [-0.05, 0) is 72.5 Å². The molecule has 0 N–H and O–H groups in total. The maximum Gasteiger partial charge on any atom is 0.254 e. The van der Waals surface area contributed by atoms with E-state index >= 15 is 0 Å². The zero-order valence-corrected chi connectivity index (χ0v) is 15.4. The number of carbonyl (C=O) groups excluding carboxylic acids is 1. The van der Waals surface area contributed by atoms with Crippen molar-refractivity contribution >= 4 is 28.5 Å². The van der Waals surface area contributed by atoms with Gasteiger partial charge >= 0.3 is 0 Å². The van der Waals surface area contributed by atoms with Crippen molar-refractivity contribution in [1.82, 2.24) is 4.90 Å². The zero-order chi connectivity index (χ0) is 15.4. The Morgan fingerprint density at radius 2 is 1.27 bits per heavy atom. The monoisotopic (exact) mass is 411 g/mol. The van der Waals surface area contributed by atoms with E-state index in [4.69, 9.17) is 0 Å². The Kier molecular flexibility index (Phi) is 5.77. The summed E-state index contributed by atoms with van der Waals surface area (Å²) in [5, 5.41) is 0. The molecule has 0 bridgehead atoms. The second-order valence-electron chi connectivity index (χ2n) is 6.80. The highest BCUT2D eigenvalue weighted by molar-refractivity contribution is 14.1. The SMILES string of the molecule is O=C(c1ccc(I)cc1)N(C1CCCCC1)C1CCCCC1. The maximum absolute atomic E-state index is 13.2. The lowest BCUT2D eigenvalue weighted by molar-refractivity contribution is 0.0448. The number of nitrogens with zero attached hydrogens (tertiary/aromatic N) is 1. The van der Waals surface area contributed by atoms with Crippen molar-refractivity contribution in [3.63, 3.8) is 0 Å². The molecule has 1 amide bonds. The lowest BCUT2D eigenvalue weighted by atomic mass is 9.88. The van der Waals surface area contributed by atoms with Crippen LogP contribution in [0.25, 0.3) is 0 Å². The minimum absolute atomic E-state index is 0.273. The average molecular weight is 411 g/mol. The van der Waals surface area contributed by atoms with E-state index in [-0.39, 0.29) is 5.91 Å². The van der Waals surface area contributed by atoms with Gasteiger partial charge in [-0.3, -0.25) is 4.79 Å². The van der Waals surface area contributed by atoms with Gasteiger partial charge in [-0.1, -0.05) is 38.5 Å². The van der Waals surface area contributed by atoms with E-state index < -0.39 is 0 Å². The van der Waals surface area contributed by atoms with Gasteiger partial charge < -0.3 is 4.90 Å². The Morgan fingerprint density at radius 3 is 1.73 bits per heavy atom. The average Bonchev–Trinajstić information content (AvgIpc) is 2.57. The zero-order valence-electron chi connectivity index (χ0n) is 13.3. The Bertz CT molecular complexity index is 469. The molecule has 0 heterocycles. The predicted octanol–water partition coefficient (Wildman–Crippen LogP) is 5.40. The molecule has 2 nitrogen and oxygen atoms in total. The van der Waals surface area contributed by atoms with Crippen LogP contribution in [0.4, 0.5) is 0 Å². The van der Waals surface area contributed by atoms with Crippen LogP contribution < -0.4 is 0 Å². The quantitative estimate of drug-likeness (QED) is 0.610. The van der Waals surface area contributed by atoms with Gasteiger partial charge in [0.25, 0.3) is 5.91 Å². The third kappa shape index (κ3) is 3.84. The molecule has 0 spiro atoms. The van der Waals surface area contributed by atoms with Crippen LogP contribution >= 0.6 is 22.6 Å². The first-order valence-corrected chi connectivity index (χ1v) is 9.92. The molecule has 0 radical (unpaired) electrons. The Morgan fingerprint density at radius 1 is 0.818 bits per heavy atom. The van der Waals surface area contributed by atoms with E-state index in [1.54, 1.807) is 0 Å². The van der Waals surface area contributed by atoms with Gasteiger partial charge in [0.2, 0.25) is 0 Å². The van der Waals surface area contributed by atoms with E-state index in [0.717, 1.165) is 5.56 Å². The number of hydrogen-bond acceptors (Lipinski definition) is 1. The van der Waals surface area contributed by atoms with E-state index in [1.165, 1.54) is 67.8 Å². The fraction of sp³-hybridized carbons (Fsp3) is 0.632. The van der Waals surface area contributed by atoms with E-state index in [0.29, 0.717) is 12.1 Å². The van der Waals surface area contributed by atoms with Crippen LogP contribution in [-0.4, -0.2) is 22.9 Å². The Labute approximate surface area is 147 Å². The van der Waals surface area contributed by atoms with E-state index in [2.05, 4.69) is 27.5 Å². The minimum atomic E-state index is 0.273. The smallest absolute Gasteiger partial charge is 0.254 e. The van der Waals surface area contributed by atoms with E-state index in [9.17, 15) is 4.79 Å². The number of halogens is 1. The molecule has 0 atom stereocenters. The van der Waals surface area contributed by atoms with Crippen molar-refractivity contribution in [2.24, 2.45) is 0 Å². The van der Waals surface area contributed by atoms with Gasteiger partial charge in [0, 0.05) is 21.2 Å². The number of amides is 1. The highest BCUT2D eigenvalue weighted by Gasteiger charge is 2.32. The number of hydrogen-bond donors (Lipinski definition) is 0. The summed E-state index contributed by atoms with van der Waals surface area (Å²) in [5.74, 6) is 0.273. The molecule has 1 aromatic carbocycles. The number of rotatable bonds is 3. The third-order valence-electron chi connectivity index (χ3n) is 5.26. The molecule has 120 valence electrons. The first-order chi connectivity index (χ1) is 10.8. The van der Waals surface area contributed by atoms with Crippen LogP contribution in [0.2, 0.25) is 0 Å². The van der Waals surface area contributed by atoms with Crippen LogP contribution in [0.1, 0.15) is 74.6 Å². The molecule has 2 aliphatic rings. The summed E-state index contributed by atoms with van der Waals surface area (Å²) >= 11 is 2.30. The molecule has 2 fully saturated rings. The molecule has 2 aliphatic carbocycles. The van der Waals surface area contributed by atoms with Crippen LogP contribution in [0.15, 0.2) is 24.3 Å². The Hall–Kier alpha value is -0.580. The lowest BCUT2D eigenvalue weighted by Gasteiger charge is -2.42. The molecule has 22 heavy (non-hydrogen) atoms. The molecular formula is C19H26INO. The highest BCUT2D eigenvalue weighted by Crippen LogP contribution is 2.31. The summed E-state index contributed by atoms with van der Waals surface area (Å²) in [6.45, 7) is 0. The molecular weight excluding hydrogens is 385 g/mol. The van der Waals surface area contributed by atoms with Crippen molar-refractivity contribution in [3.8, 4) is 0 Å². The van der Waals surface area contributed by atoms with Crippen LogP contribution in [0.5, 0.6) is 0 Å². The van der Waals surface area contributed by atoms with Crippen molar-refractivity contribution in [2.75, 3.05) is 0 Å². The standard InChI is InChI=1S/C19H26INO/c20-16-13-11-15(12-14-16)19(22)21(17-7-3-1-4-8-17)18-9-5-2-6-10-18/h11-14,17-18H,1-10H2. The predicted molar refractivity (Wildman–Crippen MR) is 99.1 cm³/mol. The first-order valence-electron chi connectivity index (χ1n) is 8.84. The molecule has 3 rings (SSSR count). The maximum atomic E-state index is 13.2. The van der Waals surface area contributed by atoms with Crippen molar-refractivity contribution in [2.45, 2.75) is 76.3 Å². The molecule has 0 aromatic heterocycles. The number of carbonyl (C=O) groups is 1. The highest BCUT2D eigenvalue weighted by atomic mass is 127. The summed E-state index contributed by atoms with van der Waals surface area (Å²) in [4.78, 5) is 15.5. The fourth-order valence-electron chi connectivity index (χ4n) is 4.09. The van der Waals surface area contributed by atoms with Crippen LogP contribution in [-0.2, 0) is 0 Å². The lowest BCUT2D eigenvalue weighted by Crippen LogP contribution is -2.48. The van der Waals surface area contributed by atoms with Gasteiger partial charge in [-0.25, -0.2) is 0 Å². The summed E-state index contributed by atoms with van der Waals surface area (Å²) in [7, 11) is 0. The van der Waals surface area contributed by atoms with Gasteiger partial charge in [0.05, 0.1) is 0 Å². The molecule has 2 saturated carbocycles. The van der Waals surface area contributed by atoms with Gasteiger partial charge in [0.15, 0.2) is 0 Å². The molecule has 0 saturated heterocycles. The fourth-order valence-corrected chi connectivity index (χ4v) is 4.45. The first kappa shape index (κ1) is 16.3. The van der Waals surface area contributed by atoms with Crippen molar-refractivity contribution < 1.29 is 4.79 Å². The summed E-state index contributed by atoms with van der Waals surface area (Å²) in [6.07, 6.45) is 12.6. The third-order valence-corrected chi connectivity index (χ3v) is 5.98. The normalized spacial score (nSPS) is 20.8. The molecule has 0 aliphatic heterocycles. The minimum Gasteiger partial charge on any atom is -0.333 e. The van der Waals surface area contributed by atoms with Gasteiger partial charge in [-0.15, -0.1) is 0 Å². The molecule has 1 aromatic rings. The van der Waals surface area contributed by atoms with Crippen molar-refractivity contribution in [3.05, 3.63) is 33.4 Å². The number of benzene rings is 1. The van der Waals surface area contributed by atoms with Crippen LogP contribution in [0.3, 0.4) is 0 Å². The second kappa shape index (κ2) is 7.80. The molecule has 0 unspecified atom stereocenters. The summed E-state index contributed by atoms with van der Waals surface area (Å²) < 4.78 is 1.19. The van der Waals surface area contributed by atoms with E-state index in [1.807, 2.05) is 24.3 Å². The Balaban J connectivity index is 1.82. The van der Waals surface area contributed by atoms with Crippen LogP contribution in [0, 0.1) is 3.57 Å². The second-order valence-corrected chi connectivity index (χ2v) is 8.05. The van der Waals surface area contributed by atoms with Gasteiger partial charge in [0.1, 0.15) is 0 Å². The van der Waals surface area contributed by atoms with Gasteiger partial charge in [-0.2, -0.15) is 0 Å². The topological polar surface area (TPSA) is 20.3 Å².